The number of nitrogens with one attached hydrogen (secondary N) is 1. The van der Waals surface area contributed by atoms with E-state index in [4.69, 9.17) is 0 Å². The number of amides is 4. The van der Waals surface area contributed by atoms with Gasteiger partial charge in [-0.3, -0.25) is 14.5 Å². The Kier molecular flexibility index (Phi) is 4.71. The topological polar surface area (TPSA) is 69.7 Å². The summed E-state index contributed by atoms with van der Waals surface area (Å²) >= 11 is 3.44. The number of benzene rings is 2. The SMILES string of the molecule is CC1(c2ccccc2Br)NC(=O)N(CC(=O)N2CCCc3ccccc32)C1=O. The van der Waals surface area contributed by atoms with Gasteiger partial charge in [-0.25, -0.2) is 4.79 Å². The number of fused-ring (bicyclic) bond motifs is 1. The van der Waals surface area contributed by atoms with E-state index >= 15 is 0 Å². The fourth-order valence-electron chi connectivity index (χ4n) is 3.90. The summed E-state index contributed by atoms with van der Waals surface area (Å²) in [7, 11) is 0. The maximum Gasteiger partial charge on any atom is 0.325 e. The Labute approximate surface area is 171 Å². The molecule has 7 heteroatoms. The van der Waals surface area contributed by atoms with Crippen molar-refractivity contribution in [3.05, 3.63) is 64.1 Å². The Morgan fingerprint density at radius 3 is 2.64 bits per heavy atom. The summed E-state index contributed by atoms with van der Waals surface area (Å²) in [5.41, 5.74) is 1.42. The molecule has 2 aliphatic rings. The van der Waals surface area contributed by atoms with E-state index in [1.54, 1.807) is 17.9 Å². The summed E-state index contributed by atoms with van der Waals surface area (Å²) in [6, 6.07) is 14.5. The van der Waals surface area contributed by atoms with Crippen LogP contribution in [-0.2, 0) is 21.5 Å². The Morgan fingerprint density at radius 2 is 1.86 bits per heavy atom. The van der Waals surface area contributed by atoms with E-state index in [1.165, 1.54) is 0 Å². The lowest BCUT2D eigenvalue weighted by Crippen LogP contribution is -2.46. The van der Waals surface area contributed by atoms with Gasteiger partial charge in [-0.1, -0.05) is 52.3 Å². The van der Waals surface area contributed by atoms with Crippen LogP contribution in [0, 0.1) is 0 Å². The van der Waals surface area contributed by atoms with E-state index in [9.17, 15) is 14.4 Å². The number of carbonyl (C=O) groups excluding carboxylic acids is 3. The first-order valence-electron chi connectivity index (χ1n) is 9.19. The van der Waals surface area contributed by atoms with Crippen LogP contribution in [0.1, 0.15) is 24.5 Å². The molecule has 1 N–H and O–H groups in total. The van der Waals surface area contributed by atoms with Gasteiger partial charge in [0, 0.05) is 22.3 Å². The molecular formula is C21H20BrN3O3. The average Bonchev–Trinajstić information content (AvgIpc) is 2.91. The fraction of sp³-hybridized carbons (Fsp3) is 0.286. The molecule has 1 atom stereocenters. The fourth-order valence-corrected chi connectivity index (χ4v) is 4.58. The Bertz CT molecular complexity index is 977. The van der Waals surface area contributed by atoms with Gasteiger partial charge in [0.25, 0.3) is 5.91 Å². The standard InChI is InChI=1S/C21H20BrN3O3/c1-21(15-9-3-4-10-16(15)22)19(27)25(20(28)23-21)13-18(26)24-12-6-8-14-7-2-5-11-17(14)24/h2-5,7,9-11H,6,8,12-13H2,1H3,(H,23,28). The molecule has 4 rings (SSSR count). The number of hydrogen-bond donors (Lipinski definition) is 1. The molecule has 0 aromatic heterocycles. The molecule has 1 saturated heterocycles. The minimum absolute atomic E-state index is 0.257. The smallest absolute Gasteiger partial charge is 0.319 e. The highest BCUT2D eigenvalue weighted by molar-refractivity contribution is 9.10. The van der Waals surface area contributed by atoms with Crippen LogP contribution in [0.3, 0.4) is 0 Å². The van der Waals surface area contributed by atoms with Crippen molar-refractivity contribution in [3.63, 3.8) is 0 Å². The highest BCUT2D eigenvalue weighted by Gasteiger charge is 2.50. The molecule has 0 radical (unpaired) electrons. The molecule has 0 aliphatic carbocycles. The first-order valence-corrected chi connectivity index (χ1v) is 9.98. The van der Waals surface area contributed by atoms with Gasteiger partial charge in [0.1, 0.15) is 12.1 Å². The second-order valence-corrected chi connectivity index (χ2v) is 8.06. The van der Waals surface area contributed by atoms with Crippen molar-refractivity contribution in [3.8, 4) is 0 Å². The third-order valence-electron chi connectivity index (χ3n) is 5.39. The number of hydrogen-bond acceptors (Lipinski definition) is 3. The highest BCUT2D eigenvalue weighted by atomic mass is 79.9. The lowest BCUT2D eigenvalue weighted by atomic mass is 9.92. The molecule has 2 aromatic carbocycles. The van der Waals surface area contributed by atoms with Crippen LogP contribution in [0.5, 0.6) is 0 Å². The van der Waals surface area contributed by atoms with Crippen LogP contribution >= 0.6 is 15.9 Å². The van der Waals surface area contributed by atoms with Crippen LogP contribution < -0.4 is 10.2 Å². The maximum absolute atomic E-state index is 13.1. The van der Waals surface area contributed by atoms with Crippen LogP contribution in [0.15, 0.2) is 53.0 Å². The largest absolute Gasteiger partial charge is 0.325 e. The quantitative estimate of drug-likeness (QED) is 0.743. The van der Waals surface area contributed by atoms with Crippen LogP contribution in [0.4, 0.5) is 10.5 Å². The molecule has 28 heavy (non-hydrogen) atoms. The summed E-state index contributed by atoms with van der Waals surface area (Å²) in [6.45, 7) is 1.97. The van der Waals surface area contributed by atoms with E-state index in [2.05, 4.69) is 21.2 Å². The summed E-state index contributed by atoms with van der Waals surface area (Å²) in [5, 5.41) is 2.75. The molecule has 6 nitrogen and oxygen atoms in total. The Morgan fingerprint density at radius 1 is 1.14 bits per heavy atom. The lowest BCUT2D eigenvalue weighted by molar-refractivity contribution is -0.134. The van der Waals surface area contributed by atoms with E-state index < -0.39 is 17.5 Å². The first-order chi connectivity index (χ1) is 13.4. The van der Waals surface area contributed by atoms with E-state index in [0.29, 0.717) is 12.1 Å². The second-order valence-electron chi connectivity index (χ2n) is 7.20. The molecule has 1 fully saturated rings. The number of rotatable bonds is 3. The highest BCUT2D eigenvalue weighted by Crippen LogP contribution is 2.34. The Balaban J connectivity index is 1.58. The molecule has 144 valence electrons. The summed E-state index contributed by atoms with van der Waals surface area (Å²) < 4.78 is 0.726. The van der Waals surface area contributed by atoms with Crippen molar-refractivity contribution < 1.29 is 14.4 Å². The monoisotopic (exact) mass is 441 g/mol. The minimum atomic E-state index is -1.21. The predicted molar refractivity (Wildman–Crippen MR) is 109 cm³/mol. The van der Waals surface area contributed by atoms with Gasteiger partial charge in [0.15, 0.2) is 0 Å². The molecule has 2 aliphatic heterocycles. The average molecular weight is 442 g/mol. The van der Waals surface area contributed by atoms with Gasteiger partial charge in [0.05, 0.1) is 0 Å². The molecule has 2 heterocycles. The van der Waals surface area contributed by atoms with Crippen molar-refractivity contribution in [2.45, 2.75) is 25.3 Å². The number of para-hydroxylation sites is 1. The molecule has 0 saturated carbocycles. The first kappa shape index (κ1) is 18.7. The van der Waals surface area contributed by atoms with Crippen molar-refractivity contribution >= 4 is 39.5 Å². The van der Waals surface area contributed by atoms with Crippen molar-refractivity contribution in [2.75, 3.05) is 18.0 Å². The van der Waals surface area contributed by atoms with Gasteiger partial charge in [0.2, 0.25) is 5.91 Å². The summed E-state index contributed by atoms with van der Waals surface area (Å²) in [5.74, 6) is -0.685. The second kappa shape index (κ2) is 7.05. The van der Waals surface area contributed by atoms with Gasteiger partial charge >= 0.3 is 6.03 Å². The van der Waals surface area contributed by atoms with E-state index in [-0.39, 0.29) is 12.5 Å². The number of carbonyl (C=O) groups is 3. The zero-order chi connectivity index (χ0) is 19.9. The number of halogens is 1. The summed E-state index contributed by atoms with van der Waals surface area (Å²) in [4.78, 5) is 41.3. The van der Waals surface area contributed by atoms with Gasteiger partial charge in [-0.2, -0.15) is 0 Å². The van der Waals surface area contributed by atoms with Crippen molar-refractivity contribution in [2.24, 2.45) is 0 Å². The van der Waals surface area contributed by atoms with E-state index in [1.807, 2.05) is 42.5 Å². The van der Waals surface area contributed by atoms with Gasteiger partial charge in [-0.15, -0.1) is 0 Å². The third-order valence-corrected chi connectivity index (χ3v) is 6.08. The van der Waals surface area contributed by atoms with Crippen LogP contribution in [-0.4, -0.2) is 35.8 Å². The van der Waals surface area contributed by atoms with Crippen molar-refractivity contribution in [1.29, 1.82) is 0 Å². The Hall–Kier alpha value is -2.67. The molecule has 2 aromatic rings. The number of aryl methyl sites for hydroxylation is 1. The third kappa shape index (κ3) is 2.99. The predicted octanol–water partition coefficient (Wildman–Crippen LogP) is 3.20. The van der Waals surface area contributed by atoms with Crippen molar-refractivity contribution in [1.82, 2.24) is 10.2 Å². The lowest BCUT2D eigenvalue weighted by Gasteiger charge is -2.30. The molecule has 1 unspecified atom stereocenters. The number of nitrogens with zero attached hydrogens (tertiary/aromatic N) is 2. The number of anilines is 1. The molecule has 0 spiro atoms. The molecular weight excluding hydrogens is 422 g/mol. The zero-order valence-electron chi connectivity index (χ0n) is 15.4. The molecule has 4 amide bonds. The van der Waals surface area contributed by atoms with E-state index in [0.717, 1.165) is 33.5 Å². The maximum atomic E-state index is 13.1. The normalized spacial score (nSPS) is 21.5. The van der Waals surface area contributed by atoms with Crippen LogP contribution in [0.2, 0.25) is 0 Å². The number of urea groups is 1. The van der Waals surface area contributed by atoms with Gasteiger partial charge in [-0.05, 0) is 37.5 Å². The van der Waals surface area contributed by atoms with Gasteiger partial charge < -0.3 is 10.2 Å². The number of imide groups is 1. The van der Waals surface area contributed by atoms with Crippen LogP contribution in [0.25, 0.3) is 0 Å². The summed E-state index contributed by atoms with van der Waals surface area (Å²) in [6.07, 6.45) is 1.78. The minimum Gasteiger partial charge on any atom is -0.319 e. The zero-order valence-corrected chi connectivity index (χ0v) is 17.0. The molecule has 0 bridgehead atoms.